The molecule has 1 atom stereocenters. The van der Waals surface area contributed by atoms with Gasteiger partial charge >= 0.3 is 0 Å². The first-order chi connectivity index (χ1) is 9.79. The van der Waals surface area contributed by atoms with Gasteiger partial charge in [-0.3, -0.25) is 4.79 Å². The standard InChI is InChI=1S/C17H19NOS/c19-15(9-14-11-18-7-5-12(14)6-8-18)17-10-13-3-1-2-4-16(13)20-17/h1-4,10,12,14H,5-9,11H2/t14-/m0/s1. The molecular weight excluding hydrogens is 266 g/mol. The summed E-state index contributed by atoms with van der Waals surface area (Å²) in [6.45, 7) is 3.64. The van der Waals surface area contributed by atoms with Crippen molar-refractivity contribution in [2.75, 3.05) is 19.6 Å². The summed E-state index contributed by atoms with van der Waals surface area (Å²) in [5, 5.41) is 1.20. The SMILES string of the molecule is O=C(C[C@H]1CN2CCC1CC2)c1cc2ccccc2s1. The molecule has 104 valence electrons. The molecule has 3 aliphatic heterocycles. The lowest BCUT2D eigenvalue weighted by Gasteiger charge is -2.44. The van der Waals surface area contributed by atoms with Gasteiger partial charge in [0.2, 0.25) is 0 Å². The Hall–Kier alpha value is -1.19. The Labute approximate surface area is 123 Å². The summed E-state index contributed by atoms with van der Waals surface area (Å²) in [6, 6.07) is 10.3. The minimum atomic E-state index is 0.352. The van der Waals surface area contributed by atoms with Crippen LogP contribution >= 0.6 is 11.3 Å². The summed E-state index contributed by atoms with van der Waals surface area (Å²) >= 11 is 1.65. The van der Waals surface area contributed by atoms with Gasteiger partial charge in [-0.1, -0.05) is 18.2 Å². The van der Waals surface area contributed by atoms with Crippen molar-refractivity contribution in [3.63, 3.8) is 0 Å². The summed E-state index contributed by atoms with van der Waals surface area (Å²) in [4.78, 5) is 16.0. The first-order valence-electron chi connectivity index (χ1n) is 7.54. The molecule has 1 aromatic heterocycles. The monoisotopic (exact) mass is 285 g/mol. The summed E-state index contributed by atoms with van der Waals surface area (Å²) in [5.41, 5.74) is 0. The molecule has 0 N–H and O–H groups in total. The number of hydrogen-bond donors (Lipinski definition) is 0. The van der Waals surface area contributed by atoms with Crippen LogP contribution in [0.1, 0.15) is 28.9 Å². The second-order valence-electron chi connectivity index (χ2n) is 6.17. The number of carbonyl (C=O) groups is 1. The highest BCUT2D eigenvalue weighted by Gasteiger charge is 2.35. The zero-order chi connectivity index (χ0) is 13.5. The number of Topliss-reactive ketones (excluding diaryl/α,β-unsaturated/α-hetero) is 1. The molecule has 3 saturated heterocycles. The van der Waals surface area contributed by atoms with Crippen LogP contribution in [-0.4, -0.2) is 30.3 Å². The summed E-state index contributed by atoms with van der Waals surface area (Å²) in [7, 11) is 0. The lowest BCUT2D eigenvalue weighted by Crippen LogP contribution is -2.47. The van der Waals surface area contributed by atoms with Crippen LogP contribution in [0.4, 0.5) is 0 Å². The van der Waals surface area contributed by atoms with Crippen molar-refractivity contribution >= 4 is 27.2 Å². The second-order valence-corrected chi connectivity index (χ2v) is 7.26. The van der Waals surface area contributed by atoms with Crippen molar-refractivity contribution in [2.45, 2.75) is 19.3 Å². The van der Waals surface area contributed by atoms with E-state index in [4.69, 9.17) is 0 Å². The molecular formula is C17H19NOS. The predicted molar refractivity (Wildman–Crippen MR) is 83.4 cm³/mol. The first kappa shape index (κ1) is 12.5. The molecule has 0 spiro atoms. The molecule has 2 nitrogen and oxygen atoms in total. The minimum absolute atomic E-state index is 0.352. The molecule has 0 saturated carbocycles. The third-order valence-corrected chi connectivity index (χ3v) is 6.10. The van der Waals surface area contributed by atoms with Gasteiger partial charge in [0.05, 0.1) is 4.88 Å². The van der Waals surface area contributed by atoms with Gasteiger partial charge in [-0.15, -0.1) is 11.3 Å². The van der Waals surface area contributed by atoms with Crippen LogP contribution in [-0.2, 0) is 0 Å². The van der Waals surface area contributed by atoms with Gasteiger partial charge in [0.1, 0.15) is 0 Å². The zero-order valence-electron chi connectivity index (χ0n) is 11.5. The molecule has 0 unspecified atom stereocenters. The highest BCUT2D eigenvalue weighted by atomic mass is 32.1. The van der Waals surface area contributed by atoms with E-state index < -0.39 is 0 Å². The number of rotatable bonds is 3. The van der Waals surface area contributed by atoms with Crippen LogP contribution in [0, 0.1) is 11.8 Å². The van der Waals surface area contributed by atoms with Crippen LogP contribution < -0.4 is 0 Å². The maximum absolute atomic E-state index is 12.6. The summed E-state index contributed by atoms with van der Waals surface area (Å²) in [6.07, 6.45) is 3.34. The Morgan fingerprint density at radius 3 is 2.75 bits per heavy atom. The number of carbonyl (C=O) groups excluding carboxylic acids is 1. The van der Waals surface area contributed by atoms with E-state index in [0.29, 0.717) is 11.7 Å². The molecule has 3 fully saturated rings. The lowest BCUT2D eigenvalue weighted by molar-refractivity contribution is 0.0442. The Balaban J connectivity index is 1.52. The lowest BCUT2D eigenvalue weighted by atomic mass is 9.76. The fourth-order valence-corrected chi connectivity index (χ4v) is 4.79. The van der Waals surface area contributed by atoms with Gasteiger partial charge in [-0.25, -0.2) is 0 Å². The largest absolute Gasteiger partial charge is 0.303 e. The van der Waals surface area contributed by atoms with E-state index in [9.17, 15) is 4.79 Å². The molecule has 20 heavy (non-hydrogen) atoms. The molecule has 5 rings (SSSR count). The van der Waals surface area contributed by atoms with Crippen LogP contribution in [0.2, 0.25) is 0 Å². The Kier molecular flexibility index (Phi) is 3.12. The second kappa shape index (κ2) is 4.97. The van der Waals surface area contributed by atoms with E-state index in [-0.39, 0.29) is 0 Å². The number of fused-ring (bicyclic) bond motifs is 4. The third kappa shape index (κ3) is 2.19. The molecule has 0 aliphatic carbocycles. The minimum Gasteiger partial charge on any atom is -0.303 e. The van der Waals surface area contributed by atoms with E-state index in [2.05, 4.69) is 23.1 Å². The fourth-order valence-electron chi connectivity index (χ4n) is 3.78. The average molecular weight is 285 g/mol. The molecule has 0 amide bonds. The third-order valence-electron chi connectivity index (χ3n) is 4.94. The van der Waals surface area contributed by atoms with E-state index in [0.717, 1.165) is 23.8 Å². The van der Waals surface area contributed by atoms with E-state index >= 15 is 0 Å². The van der Waals surface area contributed by atoms with Gasteiger partial charge in [-0.2, -0.15) is 0 Å². The molecule has 2 aromatic rings. The van der Waals surface area contributed by atoms with Gasteiger partial charge < -0.3 is 4.90 Å². The van der Waals surface area contributed by atoms with Crippen molar-refractivity contribution in [3.8, 4) is 0 Å². The van der Waals surface area contributed by atoms with Gasteiger partial charge in [-0.05, 0) is 55.3 Å². The summed E-state index contributed by atoms with van der Waals surface area (Å²) in [5.74, 6) is 1.73. The highest BCUT2D eigenvalue weighted by molar-refractivity contribution is 7.20. The molecule has 4 heterocycles. The first-order valence-corrected chi connectivity index (χ1v) is 8.35. The van der Waals surface area contributed by atoms with Crippen molar-refractivity contribution in [1.82, 2.24) is 4.90 Å². The van der Waals surface area contributed by atoms with Crippen molar-refractivity contribution in [2.24, 2.45) is 11.8 Å². The number of thiophene rings is 1. The van der Waals surface area contributed by atoms with Crippen LogP contribution in [0.3, 0.4) is 0 Å². The van der Waals surface area contributed by atoms with E-state index in [1.54, 1.807) is 11.3 Å². The van der Waals surface area contributed by atoms with E-state index in [1.165, 1.54) is 36.0 Å². The van der Waals surface area contributed by atoms with Crippen LogP contribution in [0.15, 0.2) is 30.3 Å². The normalized spacial score (nSPS) is 28.9. The topological polar surface area (TPSA) is 20.3 Å². The maximum Gasteiger partial charge on any atom is 0.173 e. The van der Waals surface area contributed by atoms with Gasteiger partial charge in [0.15, 0.2) is 5.78 Å². The molecule has 0 radical (unpaired) electrons. The molecule has 1 aromatic carbocycles. The Bertz CT molecular complexity index is 606. The summed E-state index contributed by atoms with van der Waals surface area (Å²) < 4.78 is 1.23. The van der Waals surface area contributed by atoms with Crippen LogP contribution in [0.25, 0.3) is 10.1 Å². The Morgan fingerprint density at radius 2 is 2.05 bits per heavy atom. The maximum atomic E-state index is 12.6. The van der Waals surface area contributed by atoms with Crippen molar-refractivity contribution < 1.29 is 4.79 Å². The van der Waals surface area contributed by atoms with E-state index in [1.807, 2.05) is 12.1 Å². The van der Waals surface area contributed by atoms with Crippen molar-refractivity contribution in [1.29, 1.82) is 0 Å². The molecule has 3 aliphatic rings. The number of piperidine rings is 3. The highest BCUT2D eigenvalue weighted by Crippen LogP contribution is 2.36. The fraction of sp³-hybridized carbons (Fsp3) is 0.471. The smallest absolute Gasteiger partial charge is 0.173 e. The van der Waals surface area contributed by atoms with Gasteiger partial charge in [0, 0.05) is 17.7 Å². The number of benzene rings is 1. The number of ketones is 1. The van der Waals surface area contributed by atoms with Crippen molar-refractivity contribution in [3.05, 3.63) is 35.2 Å². The van der Waals surface area contributed by atoms with Crippen LogP contribution in [0.5, 0.6) is 0 Å². The Morgan fingerprint density at radius 1 is 1.25 bits per heavy atom. The molecule has 3 heteroatoms. The predicted octanol–water partition coefficient (Wildman–Crippen LogP) is 3.82. The molecule has 2 bridgehead atoms. The zero-order valence-corrected chi connectivity index (χ0v) is 12.4. The average Bonchev–Trinajstić information content (AvgIpc) is 2.92. The quantitative estimate of drug-likeness (QED) is 0.799. The van der Waals surface area contributed by atoms with Gasteiger partial charge in [0.25, 0.3) is 0 Å². The number of nitrogens with zero attached hydrogens (tertiary/aromatic N) is 1. The number of hydrogen-bond acceptors (Lipinski definition) is 3.